The number of likely N-dealkylation sites (tertiary alicyclic amines) is 1. The average Bonchev–Trinajstić information content (AvgIpc) is 3.40. The summed E-state index contributed by atoms with van der Waals surface area (Å²) in [6.45, 7) is 1.62. The van der Waals surface area contributed by atoms with Crippen molar-refractivity contribution in [1.82, 2.24) is 19.8 Å². The van der Waals surface area contributed by atoms with E-state index < -0.39 is 29.9 Å². The SMILES string of the molecule is Cc1nccn1-c1ccc(CNC(=O)C2(C(F)(F)F)CCN(Cc3ccccc3)C2)cc1F. The van der Waals surface area contributed by atoms with E-state index in [0.717, 1.165) is 5.56 Å². The number of nitrogens with one attached hydrogen (secondary N) is 1. The zero-order chi connectivity index (χ0) is 23.6. The van der Waals surface area contributed by atoms with Gasteiger partial charge in [0.15, 0.2) is 5.41 Å². The maximum atomic E-state index is 14.6. The lowest BCUT2D eigenvalue weighted by Gasteiger charge is -2.30. The van der Waals surface area contributed by atoms with Crippen LogP contribution in [0.25, 0.3) is 5.69 Å². The summed E-state index contributed by atoms with van der Waals surface area (Å²) in [7, 11) is 0. The Hall–Kier alpha value is -3.20. The topological polar surface area (TPSA) is 50.2 Å². The maximum Gasteiger partial charge on any atom is 0.404 e. The Labute approximate surface area is 189 Å². The molecular weight excluding hydrogens is 436 g/mol. The fourth-order valence-electron chi connectivity index (χ4n) is 4.25. The van der Waals surface area contributed by atoms with E-state index in [9.17, 15) is 22.4 Å². The minimum absolute atomic E-state index is 0.162. The van der Waals surface area contributed by atoms with Crippen LogP contribution in [0.5, 0.6) is 0 Å². The Balaban J connectivity index is 1.45. The zero-order valence-corrected chi connectivity index (χ0v) is 18.1. The number of aromatic nitrogens is 2. The first-order chi connectivity index (χ1) is 15.7. The van der Waals surface area contributed by atoms with E-state index in [1.807, 2.05) is 30.3 Å². The minimum atomic E-state index is -4.70. The van der Waals surface area contributed by atoms with Crippen LogP contribution >= 0.6 is 0 Å². The summed E-state index contributed by atoms with van der Waals surface area (Å²) in [6, 6.07) is 13.5. The van der Waals surface area contributed by atoms with Crippen LogP contribution in [-0.4, -0.2) is 39.6 Å². The Morgan fingerprint density at radius 2 is 1.91 bits per heavy atom. The highest BCUT2D eigenvalue weighted by Gasteiger charge is 2.62. The van der Waals surface area contributed by atoms with Crippen LogP contribution in [0.4, 0.5) is 17.6 Å². The fraction of sp³-hybridized carbons (Fsp3) is 0.333. The zero-order valence-electron chi connectivity index (χ0n) is 18.1. The molecule has 1 saturated heterocycles. The van der Waals surface area contributed by atoms with Crippen molar-refractivity contribution >= 4 is 5.91 Å². The van der Waals surface area contributed by atoms with Gasteiger partial charge < -0.3 is 9.88 Å². The van der Waals surface area contributed by atoms with Gasteiger partial charge in [-0.15, -0.1) is 0 Å². The number of rotatable bonds is 6. The lowest BCUT2D eigenvalue weighted by molar-refractivity contribution is -0.218. The van der Waals surface area contributed by atoms with Gasteiger partial charge in [0.1, 0.15) is 11.6 Å². The molecule has 5 nitrogen and oxygen atoms in total. The molecule has 0 spiro atoms. The van der Waals surface area contributed by atoms with Crippen molar-refractivity contribution in [3.05, 3.63) is 83.7 Å². The Kier molecular flexibility index (Phi) is 6.25. The van der Waals surface area contributed by atoms with Crippen LogP contribution in [0.15, 0.2) is 60.9 Å². The number of nitrogens with zero attached hydrogens (tertiary/aromatic N) is 3. The highest BCUT2D eigenvalue weighted by molar-refractivity contribution is 5.84. The minimum Gasteiger partial charge on any atom is -0.351 e. The molecule has 0 saturated carbocycles. The van der Waals surface area contributed by atoms with Crippen molar-refractivity contribution in [2.45, 2.75) is 32.6 Å². The standard InChI is InChI=1S/C24H24F4N4O/c1-17-29-10-12-32(17)21-8-7-19(13-20(21)25)14-30-22(33)23(24(26,27)28)9-11-31(16-23)15-18-5-3-2-4-6-18/h2-8,10,12-13H,9,11,14-16H2,1H3,(H,30,33). The molecule has 1 aromatic heterocycles. The molecular formula is C24H24F4N4O. The van der Waals surface area contributed by atoms with Crippen molar-refractivity contribution in [2.75, 3.05) is 13.1 Å². The average molecular weight is 460 g/mol. The van der Waals surface area contributed by atoms with Crippen molar-refractivity contribution in [2.24, 2.45) is 5.41 Å². The summed E-state index contributed by atoms with van der Waals surface area (Å²) in [5, 5.41) is 2.39. The molecule has 4 rings (SSSR count). The molecule has 1 amide bonds. The predicted octanol–water partition coefficient (Wildman–Crippen LogP) is 4.39. The van der Waals surface area contributed by atoms with Crippen LogP contribution in [0.3, 0.4) is 0 Å². The summed E-state index contributed by atoms with van der Waals surface area (Å²) in [5.41, 5.74) is -0.952. The molecule has 3 aromatic rings. The number of hydrogen-bond donors (Lipinski definition) is 1. The fourth-order valence-corrected chi connectivity index (χ4v) is 4.25. The summed E-state index contributed by atoms with van der Waals surface area (Å²) < 4.78 is 58.3. The van der Waals surface area contributed by atoms with Crippen LogP contribution in [-0.2, 0) is 17.9 Å². The molecule has 174 valence electrons. The van der Waals surface area contributed by atoms with Gasteiger partial charge in [-0.3, -0.25) is 9.69 Å². The van der Waals surface area contributed by atoms with Crippen LogP contribution < -0.4 is 5.32 Å². The second kappa shape index (κ2) is 8.97. The molecule has 0 aliphatic carbocycles. The number of benzene rings is 2. The van der Waals surface area contributed by atoms with Crippen LogP contribution in [0, 0.1) is 18.2 Å². The van der Waals surface area contributed by atoms with E-state index in [2.05, 4.69) is 10.3 Å². The third-order valence-corrected chi connectivity index (χ3v) is 6.13. The summed E-state index contributed by atoms with van der Waals surface area (Å²) in [5.74, 6) is -1.04. The summed E-state index contributed by atoms with van der Waals surface area (Å²) in [6.07, 6.45) is -1.86. The summed E-state index contributed by atoms with van der Waals surface area (Å²) >= 11 is 0. The lowest BCUT2D eigenvalue weighted by Crippen LogP contribution is -2.52. The van der Waals surface area contributed by atoms with E-state index in [1.165, 1.54) is 12.1 Å². The molecule has 1 atom stereocenters. The van der Waals surface area contributed by atoms with Crippen LogP contribution in [0.1, 0.15) is 23.4 Å². The number of aryl methyl sites for hydroxylation is 1. The van der Waals surface area contributed by atoms with Crippen molar-refractivity contribution in [3.8, 4) is 5.69 Å². The van der Waals surface area contributed by atoms with E-state index in [-0.39, 0.29) is 25.2 Å². The molecule has 0 radical (unpaired) electrons. The third kappa shape index (κ3) is 4.64. The molecule has 9 heteroatoms. The van der Waals surface area contributed by atoms with Gasteiger partial charge in [0.05, 0.1) is 5.69 Å². The quantitative estimate of drug-likeness (QED) is 0.555. The normalized spacial score (nSPS) is 19.1. The van der Waals surface area contributed by atoms with Crippen LogP contribution in [0.2, 0.25) is 0 Å². The lowest BCUT2D eigenvalue weighted by atomic mass is 9.85. The highest BCUT2D eigenvalue weighted by Crippen LogP contribution is 2.46. The predicted molar refractivity (Wildman–Crippen MR) is 115 cm³/mol. The summed E-state index contributed by atoms with van der Waals surface area (Å²) in [4.78, 5) is 18.5. The van der Waals surface area contributed by atoms with Gasteiger partial charge in [-0.2, -0.15) is 13.2 Å². The molecule has 0 bridgehead atoms. The Bertz CT molecular complexity index is 1130. The molecule has 2 heterocycles. The molecule has 2 aromatic carbocycles. The van der Waals surface area contributed by atoms with Gasteiger partial charge in [-0.25, -0.2) is 9.37 Å². The van der Waals surface area contributed by atoms with Crippen molar-refractivity contribution in [1.29, 1.82) is 0 Å². The first-order valence-corrected chi connectivity index (χ1v) is 10.6. The largest absolute Gasteiger partial charge is 0.404 e. The second-order valence-electron chi connectivity index (χ2n) is 8.34. The number of amides is 1. The Morgan fingerprint density at radius 1 is 1.15 bits per heavy atom. The number of carbonyl (C=O) groups is 1. The number of carbonyl (C=O) groups excluding carboxylic acids is 1. The number of alkyl halides is 3. The number of hydrogen-bond acceptors (Lipinski definition) is 3. The molecule has 1 aliphatic heterocycles. The van der Waals surface area contributed by atoms with E-state index >= 15 is 0 Å². The van der Waals surface area contributed by atoms with Crippen molar-refractivity contribution in [3.63, 3.8) is 0 Å². The second-order valence-corrected chi connectivity index (χ2v) is 8.34. The Morgan fingerprint density at radius 3 is 2.55 bits per heavy atom. The van der Waals surface area contributed by atoms with Crippen molar-refractivity contribution < 1.29 is 22.4 Å². The van der Waals surface area contributed by atoms with Gasteiger partial charge in [0.25, 0.3) is 0 Å². The van der Waals surface area contributed by atoms with E-state index in [4.69, 9.17) is 0 Å². The van der Waals surface area contributed by atoms with Gasteiger partial charge in [0.2, 0.25) is 5.91 Å². The molecule has 1 unspecified atom stereocenters. The number of imidazole rings is 1. The first kappa shape index (κ1) is 23.0. The van der Waals surface area contributed by atoms with Gasteiger partial charge in [0, 0.05) is 32.0 Å². The highest BCUT2D eigenvalue weighted by atomic mass is 19.4. The molecule has 1 N–H and O–H groups in total. The molecule has 1 aliphatic rings. The molecule has 1 fully saturated rings. The van der Waals surface area contributed by atoms with E-state index in [1.54, 1.807) is 34.9 Å². The first-order valence-electron chi connectivity index (χ1n) is 10.6. The van der Waals surface area contributed by atoms with Gasteiger partial charge in [-0.05, 0) is 43.1 Å². The third-order valence-electron chi connectivity index (χ3n) is 6.13. The monoisotopic (exact) mass is 460 g/mol. The van der Waals surface area contributed by atoms with Gasteiger partial charge in [-0.1, -0.05) is 36.4 Å². The van der Waals surface area contributed by atoms with E-state index in [0.29, 0.717) is 17.9 Å². The molecule has 33 heavy (non-hydrogen) atoms. The smallest absolute Gasteiger partial charge is 0.351 e. The van der Waals surface area contributed by atoms with Gasteiger partial charge >= 0.3 is 6.18 Å². The maximum absolute atomic E-state index is 14.6. The number of halogens is 4.